The number of hydroxylamine groups is 4. The lowest BCUT2D eigenvalue weighted by Crippen LogP contribution is -2.57. The van der Waals surface area contributed by atoms with Crippen LogP contribution in [0.5, 0.6) is 5.75 Å². The maximum absolute atomic E-state index is 13.0. The van der Waals surface area contributed by atoms with Crippen LogP contribution in [0.2, 0.25) is 0 Å². The zero-order valence-corrected chi connectivity index (χ0v) is 28.2. The molecule has 1 saturated heterocycles. The molecular weight excluding hydrogens is 658 g/mol. The van der Waals surface area contributed by atoms with Gasteiger partial charge in [-0.25, -0.2) is 10.1 Å². The van der Waals surface area contributed by atoms with Crippen LogP contribution in [0, 0.1) is 0 Å². The number of carbonyl (C=O) groups excluding carboxylic acids is 6. The van der Waals surface area contributed by atoms with E-state index in [0.717, 1.165) is 0 Å². The highest BCUT2D eigenvalue weighted by Gasteiger charge is 2.32. The van der Waals surface area contributed by atoms with Crippen LogP contribution in [0.1, 0.15) is 63.0 Å². The van der Waals surface area contributed by atoms with Crippen LogP contribution in [0.4, 0.5) is 0 Å². The van der Waals surface area contributed by atoms with Crippen molar-refractivity contribution >= 4 is 35.4 Å². The van der Waals surface area contributed by atoms with Crippen LogP contribution in [0.3, 0.4) is 0 Å². The third-order valence-electron chi connectivity index (χ3n) is 8.09. The summed E-state index contributed by atoms with van der Waals surface area (Å²) >= 11 is 0. The minimum atomic E-state index is -1.47. The molecule has 1 heterocycles. The van der Waals surface area contributed by atoms with Gasteiger partial charge in [-0.2, -0.15) is 0 Å². The van der Waals surface area contributed by atoms with Crippen molar-refractivity contribution in [1.29, 1.82) is 0 Å². The molecule has 280 valence electrons. The van der Waals surface area contributed by atoms with Crippen molar-refractivity contribution in [3.63, 3.8) is 0 Å². The Balaban J connectivity index is 1.70. The summed E-state index contributed by atoms with van der Waals surface area (Å²) in [6, 6.07) is 1.83. The Morgan fingerprint density at radius 1 is 1.00 bits per heavy atom. The van der Waals surface area contributed by atoms with Crippen LogP contribution in [-0.2, 0) is 28.8 Å². The predicted octanol–water partition coefficient (Wildman–Crippen LogP) is -2.93. The highest BCUT2D eigenvalue weighted by molar-refractivity contribution is 5.93. The smallest absolute Gasteiger partial charge is 0.268 e. The molecule has 0 aliphatic carbocycles. The minimum absolute atomic E-state index is 0.0865. The van der Waals surface area contributed by atoms with Crippen molar-refractivity contribution in [2.24, 2.45) is 11.5 Å². The van der Waals surface area contributed by atoms with Gasteiger partial charge in [0.05, 0.1) is 6.04 Å². The topological polar surface area (TPSA) is 302 Å². The Kier molecular flexibility index (Phi) is 18.1. The van der Waals surface area contributed by atoms with Crippen molar-refractivity contribution in [1.82, 2.24) is 36.7 Å². The molecular formula is C31H51N9O10. The van der Waals surface area contributed by atoms with E-state index in [4.69, 9.17) is 11.5 Å². The molecule has 1 aliphatic rings. The number of phenolic OH excluding ortho intramolecular Hbond substituents is 1. The molecule has 13 N–H and O–H groups in total. The molecule has 1 fully saturated rings. The molecule has 1 aromatic rings. The fraction of sp³-hybridized carbons (Fsp3) is 0.613. The SMILES string of the molecule is CN[C@@H](CCCN(O)C(=O)CCNC(=O)CCNC(=O)[C@@H](N)[C@H](O)c1ccccc1O)C(=O)N[C@@H](CCCN)C(=O)N[C@H]1CCCN(O)C1=O. The van der Waals surface area contributed by atoms with Gasteiger partial charge in [-0.3, -0.25) is 39.2 Å². The lowest BCUT2D eigenvalue weighted by atomic mass is 10.0. The molecule has 50 heavy (non-hydrogen) atoms. The lowest BCUT2D eigenvalue weighted by molar-refractivity contribution is -0.173. The van der Waals surface area contributed by atoms with E-state index < -0.39 is 65.7 Å². The van der Waals surface area contributed by atoms with Gasteiger partial charge in [-0.15, -0.1) is 0 Å². The number of carbonyl (C=O) groups is 6. The van der Waals surface area contributed by atoms with E-state index >= 15 is 0 Å². The van der Waals surface area contributed by atoms with Gasteiger partial charge >= 0.3 is 0 Å². The number of aromatic hydroxyl groups is 1. The highest BCUT2D eigenvalue weighted by atomic mass is 16.5. The molecule has 0 saturated carbocycles. The quantitative estimate of drug-likeness (QED) is 0.0451. The predicted molar refractivity (Wildman–Crippen MR) is 177 cm³/mol. The number of nitrogens with zero attached hydrogens (tertiary/aromatic N) is 2. The third-order valence-corrected chi connectivity index (χ3v) is 8.09. The van der Waals surface area contributed by atoms with Crippen molar-refractivity contribution in [3.8, 4) is 5.75 Å². The summed E-state index contributed by atoms with van der Waals surface area (Å²) in [6.07, 6.45) is 0.0541. The monoisotopic (exact) mass is 709 g/mol. The number of hydrogen-bond acceptors (Lipinski definition) is 13. The molecule has 0 spiro atoms. The average molecular weight is 710 g/mol. The molecule has 0 unspecified atom stereocenters. The Morgan fingerprint density at radius 2 is 1.68 bits per heavy atom. The largest absolute Gasteiger partial charge is 0.508 e. The molecule has 19 nitrogen and oxygen atoms in total. The van der Waals surface area contributed by atoms with Crippen LogP contribution in [0.15, 0.2) is 24.3 Å². The number of benzene rings is 1. The molecule has 0 aromatic heterocycles. The van der Waals surface area contributed by atoms with E-state index in [1.807, 2.05) is 0 Å². The molecule has 0 bridgehead atoms. The van der Waals surface area contributed by atoms with Crippen molar-refractivity contribution in [3.05, 3.63) is 29.8 Å². The first-order valence-electron chi connectivity index (χ1n) is 16.5. The van der Waals surface area contributed by atoms with Crippen LogP contribution >= 0.6 is 0 Å². The van der Waals surface area contributed by atoms with Crippen LogP contribution in [0.25, 0.3) is 0 Å². The second-order valence-electron chi connectivity index (χ2n) is 11.8. The summed E-state index contributed by atoms with van der Waals surface area (Å²) < 4.78 is 0. The molecule has 19 heteroatoms. The number of aliphatic hydroxyl groups is 1. The number of para-hydroxylation sites is 1. The zero-order valence-electron chi connectivity index (χ0n) is 28.2. The summed E-state index contributed by atoms with van der Waals surface area (Å²) in [7, 11) is 1.54. The second kappa shape index (κ2) is 21.6. The molecule has 0 radical (unpaired) electrons. The fourth-order valence-corrected chi connectivity index (χ4v) is 5.12. The summed E-state index contributed by atoms with van der Waals surface area (Å²) in [6.45, 7) is 0.133. The zero-order chi connectivity index (χ0) is 37.2. The third kappa shape index (κ3) is 13.5. The number of nitrogens with one attached hydrogen (secondary N) is 5. The maximum Gasteiger partial charge on any atom is 0.268 e. The van der Waals surface area contributed by atoms with Gasteiger partial charge in [-0.05, 0) is 58.2 Å². The first-order chi connectivity index (χ1) is 23.8. The number of hydrogen-bond donors (Lipinski definition) is 11. The van der Waals surface area contributed by atoms with E-state index in [2.05, 4.69) is 26.6 Å². The molecule has 1 aromatic carbocycles. The maximum atomic E-state index is 13.0. The Morgan fingerprint density at radius 3 is 2.36 bits per heavy atom. The second-order valence-corrected chi connectivity index (χ2v) is 11.8. The molecule has 2 rings (SSSR count). The number of piperidine rings is 1. The van der Waals surface area contributed by atoms with E-state index in [1.165, 1.54) is 12.1 Å². The highest BCUT2D eigenvalue weighted by Crippen LogP contribution is 2.25. The summed E-state index contributed by atoms with van der Waals surface area (Å²) in [5.41, 5.74) is 11.5. The van der Waals surface area contributed by atoms with E-state index in [9.17, 15) is 49.4 Å². The first kappa shape index (κ1) is 41.8. The number of amides is 6. The molecule has 5 atom stereocenters. The minimum Gasteiger partial charge on any atom is -0.508 e. The van der Waals surface area contributed by atoms with Gasteiger partial charge in [0.25, 0.3) is 5.91 Å². The average Bonchev–Trinajstić information content (AvgIpc) is 3.09. The van der Waals surface area contributed by atoms with Gasteiger partial charge in [-0.1, -0.05) is 18.2 Å². The normalized spacial score (nSPS) is 16.8. The van der Waals surface area contributed by atoms with Crippen LogP contribution < -0.4 is 38.1 Å². The van der Waals surface area contributed by atoms with Crippen LogP contribution in [-0.4, -0.2) is 130 Å². The number of rotatable bonds is 21. The Bertz CT molecular complexity index is 1300. The fourth-order valence-electron chi connectivity index (χ4n) is 5.12. The van der Waals surface area contributed by atoms with Gasteiger partial charge in [0.2, 0.25) is 29.5 Å². The summed E-state index contributed by atoms with van der Waals surface area (Å²) in [4.78, 5) is 74.8. The standard InChI is InChI=1S/C31H51N9O10/c1-34-20(28(45)37-21(8-4-14-32)29(46)38-22-10-6-18-40(50)31(22)48)9-5-17-39(49)25(43)13-16-35-24(42)12-15-36-30(47)26(33)27(44)19-7-2-3-11-23(19)41/h2-3,7,11,20-22,26-27,34,41,44,49-50H,4-6,8-10,12-18,32-33H2,1H3,(H,35,42)(H,36,47)(H,37,45)(H,38,46)/t20-,21-,22-,26-,27+/m0/s1. The number of likely N-dealkylation sites (N-methyl/N-ethyl adjacent to an activating group) is 1. The van der Waals surface area contributed by atoms with Gasteiger partial charge in [0.15, 0.2) is 0 Å². The first-order valence-corrected chi connectivity index (χ1v) is 16.5. The van der Waals surface area contributed by atoms with E-state index in [-0.39, 0.29) is 76.1 Å². The van der Waals surface area contributed by atoms with Gasteiger partial charge in [0, 0.05) is 44.6 Å². The van der Waals surface area contributed by atoms with Gasteiger partial charge in [0.1, 0.15) is 30.0 Å². The lowest BCUT2D eigenvalue weighted by Gasteiger charge is -2.29. The number of phenols is 1. The van der Waals surface area contributed by atoms with E-state index in [0.29, 0.717) is 29.4 Å². The van der Waals surface area contributed by atoms with Crippen molar-refractivity contribution in [2.75, 3.05) is 39.8 Å². The number of nitrogens with two attached hydrogens (primary N) is 2. The van der Waals surface area contributed by atoms with Crippen molar-refractivity contribution in [2.45, 2.75) is 81.6 Å². The molecule has 6 amide bonds. The van der Waals surface area contributed by atoms with Crippen molar-refractivity contribution < 1.29 is 49.4 Å². The number of aliphatic hydroxyl groups excluding tert-OH is 1. The molecule has 1 aliphatic heterocycles. The Labute approximate surface area is 290 Å². The Hall–Kier alpha value is -4.40. The summed E-state index contributed by atoms with van der Waals surface area (Å²) in [5, 5.41) is 54.0. The summed E-state index contributed by atoms with van der Waals surface area (Å²) in [5.74, 6) is -3.83. The van der Waals surface area contributed by atoms with E-state index in [1.54, 1.807) is 19.2 Å². The van der Waals surface area contributed by atoms with Gasteiger partial charge < -0.3 is 48.3 Å².